The number of carbonyl (C=O) groups is 1. The van der Waals surface area contributed by atoms with Crippen molar-refractivity contribution in [2.24, 2.45) is 0 Å². The number of hydrogen-bond acceptors (Lipinski definition) is 5. The minimum Gasteiger partial charge on any atom is -0.550 e. The first kappa shape index (κ1) is 17.8. The molecular formula is C16H15F3NO4-. The van der Waals surface area contributed by atoms with E-state index in [-0.39, 0.29) is 12.4 Å². The quantitative estimate of drug-likeness (QED) is 0.712. The van der Waals surface area contributed by atoms with Gasteiger partial charge in [-0.15, -0.1) is 0 Å². The zero-order valence-electron chi connectivity index (χ0n) is 13.1. The number of benzene rings is 1. The van der Waals surface area contributed by atoms with E-state index in [1.165, 1.54) is 12.1 Å². The Kier molecular flexibility index (Phi) is 5.16. The Hall–Kier alpha value is -2.51. The van der Waals surface area contributed by atoms with Gasteiger partial charge in [0.15, 0.2) is 5.89 Å². The highest BCUT2D eigenvalue weighted by Crippen LogP contribution is 2.52. The van der Waals surface area contributed by atoms with Crippen LogP contribution in [-0.2, 0) is 23.8 Å². The van der Waals surface area contributed by atoms with Crippen molar-refractivity contribution < 1.29 is 32.2 Å². The molecule has 130 valence electrons. The highest BCUT2D eigenvalue weighted by molar-refractivity contribution is 5.90. The molecule has 2 aliphatic rings. The van der Waals surface area contributed by atoms with E-state index < -0.39 is 17.7 Å². The number of aromatic nitrogens is 1. The number of ether oxygens (including phenoxy) is 1. The molecular weight excluding hydrogens is 327 g/mol. The zero-order valence-corrected chi connectivity index (χ0v) is 13.1. The lowest BCUT2D eigenvalue weighted by molar-refractivity contribution is -0.304. The van der Waals surface area contributed by atoms with Crippen LogP contribution in [0.3, 0.4) is 0 Å². The molecule has 0 bridgehead atoms. The van der Waals surface area contributed by atoms with Gasteiger partial charge >= 0.3 is 12.1 Å². The van der Waals surface area contributed by atoms with Crippen LogP contribution in [0.15, 0.2) is 22.6 Å². The van der Waals surface area contributed by atoms with Crippen molar-refractivity contribution in [1.29, 1.82) is 0 Å². The second kappa shape index (κ2) is 6.94. The van der Waals surface area contributed by atoms with E-state index in [4.69, 9.17) is 9.15 Å². The van der Waals surface area contributed by atoms with Gasteiger partial charge in [-0.05, 0) is 18.1 Å². The van der Waals surface area contributed by atoms with Gasteiger partial charge < -0.3 is 19.1 Å². The van der Waals surface area contributed by atoms with E-state index in [1.807, 2.05) is 6.92 Å². The summed E-state index contributed by atoms with van der Waals surface area (Å²) in [7, 11) is 0. The van der Waals surface area contributed by atoms with Gasteiger partial charge in [0.05, 0.1) is 12.2 Å². The third-order valence-corrected chi connectivity index (χ3v) is 3.17. The normalized spacial score (nSPS) is 11.5. The molecule has 0 fully saturated rings. The summed E-state index contributed by atoms with van der Waals surface area (Å²) in [4.78, 5) is 14.3. The molecule has 2 aliphatic carbocycles. The summed E-state index contributed by atoms with van der Waals surface area (Å²) in [5, 5.41) is 10.4. The van der Waals surface area contributed by atoms with Crippen LogP contribution in [-0.4, -0.2) is 17.6 Å². The monoisotopic (exact) mass is 342 g/mol. The predicted molar refractivity (Wildman–Crippen MR) is 76.2 cm³/mol. The van der Waals surface area contributed by atoms with Gasteiger partial charge in [-0.1, -0.05) is 25.1 Å². The smallest absolute Gasteiger partial charge is 0.417 e. The lowest BCUT2D eigenvalue weighted by atomic mass is 10.3. The SMILES string of the molecule is CCOc1oc(CC)nc1CC(=O)[O-].FC(F)(F)c1c2cccc1-2. The highest BCUT2D eigenvalue weighted by Gasteiger charge is 2.44. The van der Waals surface area contributed by atoms with Crippen LogP contribution in [0, 0.1) is 0 Å². The molecule has 0 amide bonds. The summed E-state index contributed by atoms with van der Waals surface area (Å²) in [6, 6.07) is 4.59. The van der Waals surface area contributed by atoms with Crippen LogP contribution in [0.2, 0.25) is 0 Å². The van der Waals surface area contributed by atoms with Crippen molar-refractivity contribution in [2.75, 3.05) is 6.61 Å². The predicted octanol–water partition coefficient (Wildman–Crippen LogP) is 2.61. The van der Waals surface area contributed by atoms with Gasteiger partial charge in [-0.2, -0.15) is 13.2 Å². The molecule has 0 spiro atoms. The van der Waals surface area contributed by atoms with Crippen LogP contribution in [0.25, 0.3) is 11.1 Å². The van der Waals surface area contributed by atoms with Crippen molar-refractivity contribution in [2.45, 2.75) is 32.9 Å². The number of aliphatic carboxylic acids is 1. The van der Waals surface area contributed by atoms with E-state index in [0.717, 1.165) is 0 Å². The minimum atomic E-state index is -4.13. The van der Waals surface area contributed by atoms with E-state index in [1.54, 1.807) is 13.0 Å². The molecule has 1 heterocycles. The molecule has 0 aliphatic heterocycles. The van der Waals surface area contributed by atoms with Crippen molar-refractivity contribution in [3.8, 4) is 17.1 Å². The first-order valence-electron chi connectivity index (χ1n) is 7.29. The molecule has 0 N–H and O–H groups in total. The maximum absolute atomic E-state index is 11.8. The second-order valence-electron chi connectivity index (χ2n) is 4.90. The number of rotatable bonds is 5. The van der Waals surface area contributed by atoms with E-state index in [2.05, 4.69) is 4.98 Å². The molecule has 0 saturated carbocycles. The lowest BCUT2D eigenvalue weighted by Crippen LogP contribution is -2.24. The van der Waals surface area contributed by atoms with Gasteiger partial charge in [0.2, 0.25) is 0 Å². The molecule has 24 heavy (non-hydrogen) atoms. The van der Waals surface area contributed by atoms with E-state index in [9.17, 15) is 23.1 Å². The number of nitrogens with zero attached hydrogens (tertiary/aromatic N) is 1. The van der Waals surface area contributed by atoms with Crippen LogP contribution in [0.1, 0.15) is 31.0 Å². The van der Waals surface area contributed by atoms with Gasteiger partial charge in [0.1, 0.15) is 5.69 Å². The molecule has 5 nitrogen and oxygen atoms in total. The standard InChI is InChI=1S/C9H13NO4.C7H3F3/c1-3-7-10-6(5-8(11)12)9(14-7)13-4-2;8-7(9,10)6-4-2-1-3-5(4)6/h3-5H2,1-2H3,(H,11,12);1-3H/p-1. The van der Waals surface area contributed by atoms with Crippen molar-refractivity contribution in [1.82, 2.24) is 4.98 Å². The van der Waals surface area contributed by atoms with Gasteiger partial charge in [-0.3, -0.25) is 0 Å². The Morgan fingerprint density at radius 3 is 2.33 bits per heavy atom. The molecule has 0 saturated heterocycles. The molecule has 3 rings (SSSR count). The number of carboxylic acid groups (broad SMARTS) is 1. The zero-order chi connectivity index (χ0) is 17.9. The van der Waals surface area contributed by atoms with Crippen LogP contribution in [0.5, 0.6) is 5.95 Å². The summed E-state index contributed by atoms with van der Waals surface area (Å²) in [6.45, 7) is 4.07. The maximum Gasteiger partial charge on any atom is 0.417 e. The largest absolute Gasteiger partial charge is 0.550 e. The molecule has 0 atom stereocenters. The lowest BCUT2D eigenvalue weighted by Gasteiger charge is -2.01. The average molecular weight is 342 g/mol. The Morgan fingerprint density at radius 1 is 1.29 bits per heavy atom. The molecule has 8 heteroatoms. The first-order valence-corrected chi connectivity index (χ1v) is 7.29. The Labute approximate surface area is 136 Å². The summed E-state index contributed by atoms with van der Waals surface area (Å²) in [5.41, 5.74) is 0.596. The van der Waals surface area contributed by atoms with Gasteiger partial charge in [-0.25, -0.2) is 4.98 Å². The fourth-order valence-electron chi connectivity index (χ4n) is 2.14. The van der Waals surface area contributed by atoms with Gasteiger partial charge in [0.25, 0.3) is 0 Å². The average Bonchev–Trinajstić information content (AvgIpc) is 2.82. The highest BCUT2D eigenvalue weighted by atomic mass is 19.4. The van der Waals surface area contributed by atoms with Crippen molar-refractivity contribution >= 4 is 5.97 Å². The number of alkyl halides is 3. The summed E-state index contributed by atoms with van der Waals surface area (Å²) >= 11 is 0. The fourth-order valence-corrected chi connectivity index (χ4v) is 2.14. The maximum atomic E-state index is 11.8. The van der Waals surface area contributed by atoms with Crippen LogP contribution >= 0.6 is 0 Å². The number of carbonyl (C=O) groups excluding carboxylic acids is 1. The molecule has 0 unspecified atom stereocenters. The Bertz CT molecular complexity index is 717. The summed E-state index contributed by atoms with van der Waals surface area (Å²) in [5.74, 6) is -0.528. The molecule has 1 aromatic rings. The number of oxazole rings is 1. The van der Waals surface area contributed by atoms with Gasteiger partial charge in [0, 0.05) is 18.8 Å². The van der Waals surface area contributed by atoms with Crippen LogP contribution < -0.4 is 9.84 Å². The number of carboxylic acids is 1. The van der Waals surface area contributed by atoms with E-state index in [0.29, 0.717) is 35.7 Å². The second-order valence-corrected chi connectivity index (χ2v) is 4.90. The van der Waals surface area contributed by atoms with E-state index >= 15 is 0 Å². The number of aryl methyl sites for hydroxylation is 1. The topological polar surface area (TPSA) is 75.4 Å². The van der Waals surface area contributed by atoms with Crippen LogP contribution in [0.4, 0.5) is 13.2 Å². The first-order chi connectivity index (χ1) is 11.3. The number of fused-ring (bicyclic) bond motifs is 1. The minimum absolute atomic E-state index is 0.188. The van der Waals surface area contributed by atoms with Crippen molar-refractivity contribution in [3.63, 3.8) is 0 Å². The number of hydrogen-bond donors (Lipinski definition) is 0. The fraction of sp³-hybridized carbons (Fsp3) is 0.375. The molecule has 1 aromatic heterocycles. The third kappa shape index (κ3) is 4.06. The third-order valence-electron chi connectivity index (χ3n) is 3.17. The summed E-state index contributed by atoms with van der Waals surface area (Å²) < 4.78 is 45.8. The summed E-state index contributed by atoms with van der Waals surface area (Å²) in [6.07, 6.45) is -3.81. The van der Waals surface area contributed by atoms with Crippen molar-refractivity contribution in [3.05, 3.63) is 35.3 Å². The molecule has 0 radical (unpaired) electrons. The molecule has 0 aromatic carbocycles. The Balaban J connectivity index is 0.000000182. The number of halogens is 3. The Morgan fingerprint density at radius 2 is 1.92 bits per heavy atom.